The maximum Gasteiger partial charge on any atom is 0.264 e. The van der Waals surface area contributed by atoms with E-state index in [4.69, 9.17) is 9.47 Å². The number of hydrogen-bond donors (Lipinski definition) is 1. The molecule has 0 radical (unpaired) electrons. The van der Waals surface area contributed by atoms with Gasteiger partial charge in [-0.15, -0.1) is 0 Å². The highest BCUT2D eigenvalue weighted by molar-refractivity contribution is 7.92. The van der Waals surface area contributed by atoms with Gasteiger partial charge in [-0.05, 0) is 86.0 Å². The van der Waals surface area contributed by atoms with Crippen LogP contribution in [-0.2, 0) is 14.8 Å². The van der Waals surface area contributed by atoms with Crippen LogP contribution in [0, 0.1) is 12.7 Å². The van der Waals surface area contributed by atoms with Gasteiger partial charge in [-0.25, -0.2) is 12.8 Å². The second-order valence-electron chi connectivity index (χ2n) is 8.15. The highest BCUT2D eigenvalue weighted by Crippen LogP contribution is 2.27. The molecular formula is C27H31FN2O5S. The minimum atomic E-state index is -4.17. The van der Waals surface area contributed by atoms with Crippen molar-refractivity contribution >= 4 is 21.6 Å². The van der Waals surface area contributed by atoms with Crippen molar-refractivity contribution in [2.45, 2.75) is 38.1 Å². The highest BCUT2D eigenvalue weighted by Gasteiger charge is 2.28. The Bertz CT molecular complexity index is 1280. The molecule has 9 heteroatoms. The molecule has 3 aromatic carbocycles. The van der Waals surface area contributed by atoms with Crippen molar-refractivity contribution in [1.29, 1.82) is 0 Å². The first-order valence-corrected chi connectivity index (χ1v) is 13.1. The Labute approximate surface area is 211 Å². The first-order valence-electron chi connectivity index (χ1n) is 11.6. The van der Waals surface area contributed by atoms with Crippen LogP contribution in [0.15, 0.2) is 71.6 Å². The molecule has 0 aromatic heterocycles. The fourth-order valence-electron chi connectivity index (χ4n) is 3.83. The number of nitrogens with zero attached hydrogens (tertiary/aromatic N) is 1. The number of anilines is 1. The molecule has 0 bridgehead atoms. The Morgan fingerprint density at radius 1 is 1.03 bits per heavy atom. The van der Waals surface area contributed by atoms with Crippen LogP contribution in [-0.4, -0.2) is 34.6 Å². The summed E-state index contributed by atoms with van der Waals surface area (Å²) in [6, 6.07) is 16.3. The van der Waals surface area contributed by atoms with Crippen LogP contribution in [0.25, 0.3) is 0 Å². The average Bonchev–Trinajstić information content (AvgIpc) is 2.87. The Hall–Kier alpha value is -3.59. The molecular weight excluding hydrogens is 483 g/mol. The summed E-state index contributed by atoms with van der Waals surface area (Å²) in [5, 5.41) is 2.94. The maximum atomic E-state index is 13.5. The van der Waals surface area contributed by atoms with Crippen LogP contribution in [0.4, 0.5) is 10.1 Å². The van der Waals surface area contributed by atoms with Gasteiger partial charge in [-0.2, -0.15) is 0 Å². The molecule has 1 amide bonds. The number of amides is 1. The summed E-state index contributed by atoms with van der Waals surface area (Å²) < 4.78 is 52.2. The molecule has 3 rings (SSSR count). The number of hydrogen-bond acceptors (Lipinski definition) is 5. The standard InChI is InChI=1S/C27H31FN2O5S/c1-5-25(20-7-16-26(34-4)19(3)17-20)29-27(31)18-30(22-10-12-23(13-11-22)35-6-2)36(32,33)24-14-8-21(28)9-15-24/h7-17,25H,5-6,18H2,1-4H3,(H,29,31). The number of ether oxygens (including phenoxy) is 2. The molecule has 7 nitrogen and oxygen atoms in total. The van der Waals surface area contributed by atoms with E-state index in [9.17, 15) is 17.6 Å². The smallest absolute Gasteiger partial charge is 0.264 e. The fourth-order valence-corrected chi connectivity index (χ4v) is 5.25. The number of carbonyl (C=O) groups excluding carboxylic acids is 1. The monoisotopic (exact) mass is 514 g/mol. The minimum absolute atomic E-state index is 0.122. The molecule has 192 valence electrons. The molecule has 0 saturated carbocycles. The van der Waals surface area contributed by atoms with Crippen LogP contribution in [0.3, 0.4) is 0 Å². The van der Waals surface area contributed by atoms with Gasteiger partial charge in [-0.1, -0.05) is 19.1 Å². The fraction of sp³-hybridized carbons (Fsp3) is 0.296. The summed E-state index contributed by atoms with van der Waals surface area (Å²) in [5.41, 5.74) is 2.10. The molecule has 0 heterocycles. The predicted molar refractivity (Wildman–Crippen MR) is 137 cm³/mol. The van der Waals surface area contributed by atoms with Crippen molar-refractivity contribution in [3.63, 3.8) is 0 Å². The summed E-state index contributed by atoms with van der Waals surface area (Å²) in [6.07, 6.45) is 0.602. The highest BCUT2D eigenvalue weighted by atomic mass is 32.2. The quantitative estimate of drug-likeness (QED) is 0.389. The zero-order chi connectivity index (χ0) is 26.3. The number of methoxy groups -OCH3 is 1. The Balaban J connectivity index is 1.90. The van der Waals surface area contributed by atoms with Gasteiger partial charge in [0.2, 0.25) is 5.91 Å². The number of halogens is 1. The lowest BCUT2D eigenvalue weighted by atomic mass is 10.0. The summed E-state index contributed by atoms with van der Waals surface area (Å²) >= 11 is 0. The van der Waals surface area contributed by atoms with E-state index in [0.29, 0.717) is 18.8 Å². The minimum Gasteiger partial charge on any atom is -0.496 e. The third-order valence-corrected chi connectivity index (χ3v) is 7.48. The largest absolute Gasteiger partial charge is 0.496 e. The van der Waals surface area contributed by atoms with E-state index in [0.717, 1.165) is 33.3 Å². The second kappa shape index (κ2) is 11.9. The average molecular weight is 515 g/mol. The van der Waals surface area contributed by atoms with E-state index >= 15 is 0 Å². The lowest BCUT2D eigenvalue weighted by molar-refractivity contribution is -0.120. The third-order valence-electron chi connectivity index (χ3n) is 5.69. The van der Waals surface area contributed by atoms with Gasteiger partial charge in [0, 0.05) is 0 Å². The number of carbonyl (C=O) groups is 1. The number of nitrogens with one attached hydrogen (secondary N) is 1. The first-order chi connectivity index (χ1) is 17.2. The van der Waals surface area contributed by atoms with Gasteiger partial charge in [0.1, 0.15) is 23.9 Å². The molecule has 0 aliphatic rings. The maximum absolute atomic E-state index is 13.5. The van der Waals surface area contributed by atoms with Crippen molar-refractivity contribution in [1.82, 2.24) is 5.32 Å². The SMILES string of the molecule is CCOc1ccc(N(CC(=O)NC(CC)c2ccc(OC)c(C)c2)S(=O)(=O)c2ccc(F)cc2)cc1. The van der Waals surface area contributed by atoms with E-state index in [1.54, 1.807) is 31.4 Å². The van der Waals surface area contributed by atoms with Crippen molar-refractivity contribution in [3.8, 4) is 11.5 Å². The molecule has 0 saturated heterocycles. The number of rotatable bonds is 11. The molecule has 1 N–H and O–H groups in total. The molecule has 1 atom stereocenters. The van der Waals surface area contributed by atoms with Crippen LogP contribution >= 0.6 is 0 Å². The summed E-state index contributed by atoms with van der Waals surface area (Å²) in [5.74, 6) is 0.285. The third kappa shape index (κ3) is 6.34. The van der Waals surface area contributed by atoms with Crippen LogP contribution in [0.1, 0.15) is 37.4 Å². The van der Waals surface area contributed by atoms with Gasteiger partial charge >= 0.3 is 0 Å². The topological polar surface area (TPSA) is 84.9 Å². The molecule has 0 aliphatic carbocycles. The Morgan fingerprint density at radius 3 is 2.25 bits per heavy atom. The summed E-state index contributed by atoms with van der Waals surface area (Å²) in [7, 11) is -2.57. The lowest BCUT2D eigenvalue weighted by Gasteiger charge is -2.26. The van der Waals surface area contributed by atoms with E-state index in [-0.39, 0.29) is 16.6 Å². The van der Waals surface area contributed by atoms with E-state index < -0.39 is 28.3 Å². The number of sulfonamides is 1. The molecule has 3 aromatic rings. The normalized spacial score (nSPS) is 12.0. The van der Waals surface area contributed by atoms with Gasteiger partial charge in [-0.3, -0.25) is 9.10 Å². The van der Waals surface area contributed by atoms with Gasteiger partial charge < -0.3 is 14.8 Å². The Morgan fingerprint density at radius 2 is 1.69 bits per heavy atom. The van der Waals surface area contributed by atoms with E-state index in [2.05, 4.69) is 5.32 Å². The van der Waals surface area contributed by atoms with Crippen LogP contribution in [0.2, 0.25) is 0 Å². The van der Waals surface area contributed by atoms with Crippen molar-refractivity contribution in [2.24, 2.45) is 0 Å². The van der Waals surface area contributed by atoms with Crippen molar-refractivity contribution in [3.05, 3.63) is 83.7 Å². The Kier molecular flexibility index (Phi) is 8.93. The molecule has 36 heavy (non-hydrogen) atoms. The van der Waals surface area contributed by atoms with Crippen LogP contribution in [0.5, 0.6) is 11.5 Å². The number of aryl methyl sites for hydroxylation is 1. The number of benzene rings is 3. The molecule has 1 unspecified atom stereocenters. The van der Waals surface area contributed by atoms with Crippen molar-refractivity contribution < 1.29 is 27.1 Å². The zero-order valence-corrected chi connectivity index (χ0v) is 21.6. The molecule has 0 fully saturated rings. The van der Waals surface area contributed by atoms with E-state index in [1.165, 1.54) is 12.1 Å². The van der Waals surface area contributed by atoms with Gasteiger partial charge in [0.15, 0.2) is 0 Å². The van der Waals surface area contributed by atoms with Gasteiger partial charge in [0.05, 0.1) is 30.3 Å². The molecule has 0 aliphatic heterocycles. The summed E-state index contributed by atoms with van der Waals surface area (Å²) in [6.45, 7) is 5.70. The first kappa shape index (κ1) is 27.0. The van der Waals surface area contributed by atoms with Crippen LogP contribution < -0.4 is 19.1 Å². The molecule has 0 spiro atoms. The second-order valence-corrected chi connectivity index (χ2v) is 10.0. The predicted octanol–water partition coefficient (Wildman–Crippen LogP) is 5.00. The van der Waals surface area contributed by atoms with E-state index in [1.807, 2.05) is 39.0 Å². The summed E-state index contributed by atoms with van der Waals surface area (Å²) in [4.78, 5) is 13.0. The zero-order valence-electron chi connectivity index (χ0n) is 20.8. The lowest BCUT2D eigenvalue weighted by Crippen LogP contribution is -2.42. The van der Waals surface area contributed by atoms with Crippen molar-refractivity contribution in [2.75, 3.05) is 24.6 Å². The van der Waals surface area contributed by atoms with Gasteiger partial charge in [0.25, 0.3) is 10.0 Å².